The lowest BCUT2D eigenvalue weighted by molar-refractivity contribution is 0.550. The fourth-order valence-corrected chi connectivity index (χ4v) is 11.1. The molecule has 1 saturated carbocycles. The van der Waals surface area contributed by atoms with Crippen LogP contribution in [0.1, 0.15) is 59.1 Å². The van der Waals surface area contributed by atoms with Crippen LogP contribution in [-0.2, 0) is 10.8 Å². The van der Waals surface area contributed by atoms with Crippen LogP contribution in [-0.4, -0.2) is 0 Å². The molecule has 1 fully saturated rings. The van der Waals surface area contributed by atoms with Crippen molar-refractivity contribution in [1.29, 1.82) is 0 Å². The zero-order valence-corrected chi connectivity index (χ0v) is 31.1. The van der Waals surface area contributed by atoms with E-state index in [2.05, 4.69) is 193 Å². The lowest BCUT2D eigenvalue weighted by Gasteiger charge is -2.33. The molecule has 3 aliphatic carbocycles. The van der Waals surface area contributed by atoms with Crippen molar-refractivity contribution in [2.45, 2.75) is 36.5 Å². The Hall–Kier alpha value is -6.64. The van der Waals surface area contributed by atoms with E-state index in [9.17, 15) is 0 Å². The summed E-state index contributed by atoms with van der Waals surface area (Å²) in [5.41, 5.74) is 18.1. The molecule has 0 aliphatic heterocycles. The van der Waals surface area contributed by atoms with Gasteiger partial charge in [-0.3, -0.25) is 0 Å². The summed E-state index contributed by atoms with van der Waals surface area (Å²) >= 11 is 0. The molecule has 9 aromatic rings. The van der Waals surface area contributed by atoms with Crippen LogP contribution < -0.4 is 4.90 Å². The first kappa shape index (κ1) is 31.7. The molecule has 0 atom stereocenters. The van der Waals surface area contributed by atoms with Gasteiger partial charge in [0.05, 0.1) is 11.1 Å². The highest BCUT2D eigenvalue weighted by Crippen LogP contribution is 2.61. The van der Waals surface area contributed by atoms with E-state index >= 15 is 0 Å². The van der Waals surface area contributed by atoms with Crippen LogP contribution in [0.4, 0.5) is 17.1 Å². The average molecular weight is 718 g/mol. The van der Waals surface area contributed by atoms with E-state index in [1.54, 1.807) is 0 Å². The molecule has 0 saturated heterocycles. The Bertz CT molecular complexity index is 2940. The molecule has 8 aromatic carbocycles. The van der Waals surface area contributed by atoms with E-state index in [1.165, 1.54) is 81.4 Å². The third-order valence-electron chi connectivity index (χ3n) is 13.3. The van der Waals surface area contributed by atoms with Gasteiger partial charge in [-0.15, -0.1) is 0 Å². The first-order chi connectivity index (χ1) is 27.8. The fourth-order valence-electron chi connectivity index (χ4n) is 11.1. The normalized spacial score (nSPS) is 15.5. The molecule has 0 bridgehead atoms. The van der Waals surface area contributed by atoms with Gasteiger partial charge in [-0.05, 0) is 93.7 Å². The van der Waals surface area contributed by atoms with Crippen LogP contribution in [0.15, 0.2) is 192 Å². The van der Waals surface area contributed by atoms with Crippen LogP contribution in [0.2, 0.25) is 0 Å². The number of hydrogen-bond acceptors (Lipinski definition) is 2. The number of hydrogen-bond donors (Lipinski definition) is 0. The number of furan rings is 1. The maximum Gasteiger partial charge on any atom is 0.140 e. The monoisotopic (exact) mass is 717 g/mol. The first-order valence-electron chi connectivity index (χ1n) is 20.1. The Morgan fingerprint density at radius 3 is 1.75 bits per heavy atom. The van der Waals surface area contributed by atoms with Gasteiger partial charge < -0.3 is 9.32 Å². The van der Waals surface area contributed by atoms with Gasteiger partial charge in [0.2, 0.25) is 0 Å². The third kappa shape index (κ3) is 4.16. The van der Waals surface area contributed by atoms with E-state index < -0.39 is 5.41 Å². The zero-order valence-electron chi connectivity index (χ0n) is 31.1. The Morgan fingerprint density at radius 1 is 0.429 bits per heavy atom. The summed E-state index contributed by atoms with van der Waals surface area (Å²) < 4.78 is 7.08. The Kier molecular flexibility index (Phi) is 6.75. The number of benzene rings is 8. The molecule has 56 heavy (non-hydrogen) atoms. The molecule has 0 N–H and O–H groups in total. The Labute approximate surface area is 327 Å². The first-order valence-corrected chi connectivity index (χ1v) is 20.1. The highest BCUT2D eigenvalue weighted by molar-refractivity contribution is 6.09. The van der Waals surface area contributed by atoms with Crippen molar-refractivity contribution in [3.63, 3.8) is 0 Å². The van der Waals surface area contributed by atoms with Crippen LogP contribution in [0, 0.1) is 0 Å². The Morgan fingerprint density at radius 2 is 1.02 bits per heavy atom. The molecular weight excluding hydrogens is 679 g/mol. The standard InChI is InChI=1S/C54H39NO/c1-3-17-36(18-4-1)54(45-26-11-7-21-39(45)40-22-8-12-27-46(40)54)48-29-15-24-41-43-35-38(31-32-50(43)56-52(41)48)55(37-19-5-2-6-20-37)49-30-16-28-47-51(49)42-23-9-10-25-44(42)53(47)33-13-14-34-53/h1-12,15-32,35H,13-14,33-34H2. The van der Waals surface area contributed by atoms with Crippen molar-refractivity contribution < 1.29 is 4.42 Å². The molecule has 266 valence electrons. The smallest absolute Gasteiger partial charge is 0.140 e. The maximum absolute atomic E-state index is 7.08. The maximum atomic E-state index is 7.08. The van der Waals surface area contributed by atoms with Gasteiger partial charge in [0.25, 0.3) is 0 Å². The van der Waals surface area contributed by atoms with Gasteiger partial charge in [-0.25, -0.2) is 0 Å². The molecule has 1 heterocycles. The molecular formula is C54H39NO. The van der Waals surface area contributed by atoms with Crippen LogP contribution in [0.5, 0.6) is 0 Å². The summed E-state index contributed by atoms with van der Waals surface area (Å²) in [5, 5.41) is 2.24. The van der Waals surface area contributed by atoms with Crippen molar-refractivity contribution in [3.8, 4) is 22.3 Å². The molecule has 0 amide bonds. The number of rotatable bonds is 5. The van der Waals surface area contributed by atoms with E-state index in [-0.39, 0.29) is 5.41 Å². The third-order valence-corrected chi connectivity index (χ3v) is 13.3. The molecule has 1 aromatic heterocycles. The molecule has 0 radical (unpaired) electrons. The largest absolute Gasteiger partial charge is 0.456 e. The van der Waals surface area contributed by atoms with Crippen molar-refractivity contribution in [3.05, 3.63) is 221 Å². The minimum Gasteiger partial charge on any atom is -0.456 e. The second kappa shape index (κ2) is 11.9. The van der Waals surface area contributed by atoms with Crippen LogP contribution in [0.25, 0.3) is 44.2 Å². The minimum absolute atomic E-state index is 0.0948. The van der Waals surface area contributed by atoms with Crippen LogP contribution >= 0.6 is 0 Å². The average Bonchev–Trinajstić information content (AvgIpc) is 4.04. The molecule has 3 aliphatic rings. The fraction of sp³-hybridized carbons (Fsp3) is 0.111. The van der Waals surface area contributed by atoms with Gasteiger partial charge in [0.1, 0.15) is 11.2 Å². The zero-order chi connectivity index (χ0) is 36.8. The highest BCUT2D eigenvalue weighted by Gasteiger charge is 2.48. The van der Waals surface area contributed by atoms with Crippen molar-refractivity contribution in [2.75, 3.05) is 4.90 Å². The van der Waals surface area contributed by atoms with Gasteiger partial charge >= 0.3 is 0 Å². The Balaban J connectivity index is 1.10. The molecule has 1 spiro atoms. The second-order valence-corrected chi connectivity index (χ2v) is 15.9. The number of nitrogens with zero attached hydrogens (tertiary/aromatic N) is 1. The van der Waals surface area contributed by atoms with Gasteiger partial charge in [0, 0.05) is 38.7 Å². The lowest BCUT2D eigenvalue weighted by Crippen LogP contribution is -2.28. The molecule has 2 heteroatoms. The predicted molar refractivity (Wildman–Crippen MR) is 230 cm³/mol. The summed E-state index contributed by atoms with van der Waals surface area (Å²) in [5.74, 6) is 0. The summed E-state index contributed by atoms with van der Waals surface area (Å²) in [6.07, 6.45) is 4.96. The number of para-hydroxylation sites is 2. The number of anilines is 3. The SMILES string of the molecule is c1ccc(N(c2ccc3oc4c(C5(c6ccccc6)c6ccccc6-c6ccccc65)cccc4c3c2)c2cccc3c2-c2ccccc2C32CCCC2)cc1. The molecule has 2 nitrogen and oxygen atoms in total. The summed E-state index contributed by atoms with van der Waals surface area (Å²) in [4.78, 5) is 2.47. The summed E-state index contributed by atoms with van der Waals surface area (Å²) in [7, 11) is 0. The quantitative estimate of drug-likeness (QED) is 0.176. The second-order valence-electron chi connectivity index (χ2n) is 15.9. The molecule has 0 unspecified atom stereocenters. The van der Waals surface area contributed by atoms with E-state index in [0.29, 0.717) is 0 Å². The highest BCUT2D eigenvalue weighted by atomic mass is 16.3. The van der Waals surface area contributed by atoms with Crippen LogP contribution in [0.3, 0.4) is 0 Å². The van der Waals surface area contributed by atoms with Crippen molar-refractivity contribution >= 4 is 39.0 Å². The van der Waals surface area contributed by atoms with E-state index in [1.807, 2.05) is 0 Å². The van der Waals surface area contributed by atoms with Crippen molar-refractivity contribution in [2.24, 2.45) is 0 Å². The van der Waals surface area contributed by atoms with Gasteiger partial charge in [0.15, 0.2) is 0 Å². The lowest BCUT2D eigenvalue weighted by atomic mass is 9.67. The van der Waals surface area contributed by atoms with Gasteiger partial charge in [-0.2, -0.15) is 0 Å². The topological polar surface area (TPSA) is 16.4 Å². The predicted octanol–water partition coefficient (Wildman–Crippen LogP) is 14.3. The van der Waals surface area contributed by atoms with Gasteiger partial charge in [-0.1, -0.05) is 165 Å². The molecule has 12 rings (SSSR count). The number of fused-ring (bicyclic) bond motifs is 11. The van der Waals surface area contributed by atoms with Crippen molar-refractivity contribution in [1.82, 2.24) is 0 Å². The minimum atomic E-state index is -0.547. The summed E-state index contributed by atoms with van der Waals surface area (Å²) in [6.45, 7) is 0. The summed E-state index contributed by atoms with van der Waals surface area (Å²) in [6, 6.07) is 69.5. The van der Waals surface area contributed by atoms with E-state index in [0.717, 1.165) is 38.9 Å². The van der Waals surface area contributed by atoms with E-state index in [4.69, 9.17) is 4.42 Å².